The van der Waals surface area contributed by atoms with Crippen molar-refractivity contribution in [3.05, 3.63) is 24.3 Å². The predicted molar refractivity (Wildman–Crippen MR) is 69.2 cm³/mol. The molecule has 19 heavy (non-hydrogen) atoms. The molecule has 1 saturated heterocycles. The highest BCUT2D eigenvalue weighted by Gasteiger charge is 2.16. The molecule has 102 valence electrons. The highest BCUT2D eigenvalue weighted by atomic mass is 16.5. The van der Waals surface area contributed by atoms with E-state index in [0.717, 1.165) is 0 Å². The third-order valence-corrected chi connectivity index (χ3v) is 2.65. The Morgan fingerprint density at radius 1 is 1.32 bits per heavy atom. The van der Waals surface area contributed by atoms with Crippen LogP contribution < -0.4 is 10.1 Å². The van der Waals surface area contributed by atoms with Gasteiger partial charge in [-0.3, -0.25) is 4.79 Å². The molecule has 1 aliphatic rings. The van der Waals surface area contributed by atoms with Gasteiger partial charge in [0.25, 0.3) is 0 Å². The topological polar surface area (TPSA) is 67.9 Å². The van der Waals surface area contributed by atoms with E-state index in [0.29, 0.717) is 37.7 Å². The van der Waals surface area contributed by atoms with Crippen LogP contribution in [0.1, 0.15) is 6.92 Å². The zero-order valence-electron chi connectivity index (χ0n) is 10.7. The number of nitrogens with zero attached hydrogens (tertiary/aromatic N) is 1. The van der Waals surface area contributed by atoms with Crippen LogP contribution in [0.15, 0.2) is 24.3 Å². The second-order valence-electron chi connectivity index (χ2n) is 4.15. The van der Waals surface area contributed by atoms with E-state index in [1.165, 1.54) is 6.92 Å². The van der Waals surface area contributed by atoms with Gasteiger partial charge in [0.2, 0.25) is 0 Å². The van der Waals surface area contributed by atoms with Crippen molar-refractivity contribution in [2.75, 3.05) is 31.6 Å². The average molecular weight is 264 g/mol. The van der Waals surface area contributed by atoms with Gasteiger partial charge >= 0.3 is 12.0 Å². The number of morpholine rings is 1. The van der Waals surface area contributed by atoms with Gasteiger partial charge in [-0.2, -0.15) is 0 Å². The van der Waals surface area contributed by atoms with Crippen LogP contribution in [0.2, 0.25) is 0 Å². The van der Waals surface area contributed by atoms with Crippen LogP contribution in [0.25, 0.3) is 0 Å². The number of esters is 1. The fourth-order valence-corrected chi connectivity index (χ4v) is 1.77. The molecule has 0 aromatic heterocycles. The van der Waals surface area contributed by atoms with Gasteiger partial charge in [-0.1, -0.05) is 6.07 Å². The Morgan fingerprint density at radius 2 is 2.05 bits per heavy atom. The standard InChI is InChI=1S/C13H16N2O4/c1-10(16)19-12-4-2-3-11(9-12)14-13(17)15-5-7-18-8-6-15/h2-4,9H,5-8H2,1H3,(H,14,17). The Hall–Kier alpha value is -2.08. The van der Waals surface area contributed by atoms with Gasteiger partial charge in [-0.05, 0) is 12.1 Å². The molecular formula is C13H16N2O4. The quantitative estimate of drug-likeness (QED) is 0.649. The molecule has 1 heterocycles. The normalized spacial score (nSPS) is 14.9. The maximum Gasteiger partial charge on any atom is 0.322 e. The van der Waals surface area contributed by atoms with Crippen molar-refractivity contribution in [3.63, 3.8) is 0 Å². The number of hydrogen-bond donors (Lipinski definition) is 1. The summed E-state index contributed by atoms with van der Waals surface area (Å²) in [5, 5.41) is 2.77. The molecule has 2 amide bonds. The number of urea groups is 1. The lowest BCUT2D eigenvalue weighted by Crippen LogP contribution is -2.43. The van der Waals surface area contributed by atoms with Crippen LogP contribution in [-0.2, 0) is 9.53 Å². The minimum atomic E-state index is -0.392. The number of nitrogens with one attached hydrogen (secondary N) is 1. The molecule has 0 bridgehead atoms. The molecule has 1 aliphatic heterocycles. The van der Waals surface area contributed by atoms with Crippen molar-refractivity contribution in [2.45, 2.75) is 6.92 Å². The lowest BCUT2D eigenvalue weighted by Gasteiger charge is -2.26. The lowest BCUT2D eigenvalue weighted by molar-refractivity contribution is -0.131. The van der Waals surface area contributed by atoms with Gasteiger partial charge in [-0.25, -0.2) is 4.79 Å². The minimum Gasteiger partial charge on any atom is -0.427 e. The minimum absolute atomic E-state index is 0.178. The molecule has 1 aromatic carbocycles. The number of hydrogen-bond acceptors (Lipinski definition) is 4. The van der Waals surface area contributed by atoms with E-state index in [4.69, 9.17) is 9.47 Å². The Balaban J connectivity index is 1.97. The molecule has 6 heteroatoms. The average Bonchev–Trinajstić information content (AvgIpc) is 2.39. The predicted octanol–water partition coefficient (Wildman–Crippen LogP) is 1.48. The van der Waals surface area contributed by atoms with E-state index in [1.54, 1.807) is 29.2 Å². The maximum atomic E-state index is 12.0. The molecule has 0 spiro atoms. The highest BCUT2D eigenvalue weighted by Crippen LogP contribution is 2.18. The van der Waals surface area contributed by atoms with Crippen LogP contribution >= 0.6 is 0 Å². The number of amides is 2. The molecule has 6 nitrogen and oxygen atoms in total. The Morgan fingerprint density at radius 3 is 2.74 bits per heavy atom. The van der Waals surface area contributed by atoms with Gasteiger partial charge in [-0.15, -0.1) is 0 Å². The van der Waals surface area contributed by atoms with Gasteiger partial charge in [0.15, 0.2) is 0 Å². The molecule has 0 aliphatic carbocycles. The fraction of sp³-hybridized carbons (Fsp3) is 0.385. The van der Waals surface area contributed by atoms with Crippen molar-refractivity contribution in [1.82, 2.24) is 4.90 Å². The van der Waals surface area contributed by atoms with Gasteiger partial charge in [0, 0.05) is 31.8 Å². The summed E-state index contributed by atoms with van der Waals surface area (Å²) in [4.78, 5) is 24.5. The molecule has 2 rings (SSSR count). The first-order valence-corrected chi connectivity index (χ1v) is 6.07. The van der Waals surface area contributed by atoms with Crippen molar-refractivity contribution in [1.29, 1.82) is 0 Å². The summed E-state index contributed by atoms with van der Waals surface area (Å²) in [6, 6.07) is 6.55. The van der Waals surface area contributed by atoms with E-state index in [1.807, 2.05) is 0 Å². The summed E-state index contributed by atoms with van der Waals surface area (Å²) < 4.78 is 10.1. The third kappa shape index (κ3) is 3.96. The van der Waals surface area contributed by atoms with E-state index in [2.05, 4.69) is 5.32 Å². The first-order valence-electron chi connectivity index (χ1n) is 6.07. The summed E-state index contributed by atoms with van der Waals surface area (Å²) >= 11 is 0. The lowest BCUT2D eigenvalue weighted by atomic mass is 10.3. The second kappa shape index (κ2) is 6.19. The highest BCUT2D eigenvalue weighted by molar-refractivity contribution is 5.89. The van der Waals surface area contributed by atoms with Crippen molar-refractivity contribution < 1.29 is 19.1 Å². The summed E-state index contributed by atoms with van der Waals surface area (Å²) in [5.41, 5.74) is 0.593. The molecule has 1 N–H and O–H groups in total. The Labute approximate surface area is 111 Å². The molecule has 0 unspecified atom stereocenters. The number of carbonyl (C=O) groups is 2. The van der Waals surface area contributed by atoms with E-state index in [9.17, 15) is 9.59 Å². The number of benzene rings is 1. The van der Waals surface area contributed by atoms with E-state index in [-0.39, 0.29) is 6.03 Å². The summed E-state index contributed by atoms with van der Waals surface area (Å²) in [6.07, 6.45) is 0. The van der Waals surface area contributed by atoms with Gasteiger partial charge < -0.3 is 19.7 Å². The molecule has 1 aromatic rings. The van der Waals surface area contributed by atoms with E-state index >= 15 is 0 Å². The van der Waals surface area contributed by atoms with Crippen LogP contribution in [0.4, 0.5) is 10.5 Å². The fourth-order valence-electron chi connectivity index (χ4n) is 1.77. The van der Waals surface area contributed by atoms with Crippen molar-refractivity contribution >= 4 is 17.7 Å². The molecule has 0 radical (unpaired) electrons. The molecule has 1 fully saturated rings. The van der Waals surface area contributed by atoms with Crippen LogP contribution in [0.5, 0.6) is 5.75 Å². The van der Waals surface area contributed by atoms with Crippen LogP contribution in [0.3, 0.4) is 0 Å². The summed E-state index contributed by atoms with van der Waals surface area (Å²) in [5.74, 6) is 0.0175. The SMILES string of the molecule is CC(=O)Oc1cccc(NC(=O)N2CCOCC2)c1. The Bertz CT molecular complexity index is 469. The first-order chi connectivity index (χ1) is 9.15. The van der Waals surface area contributed by atoms with Crippen LogP contribution in [-0.4, -0.2) is 43.2 Å². The maximum absolute atomic E-state index is 12.0. The zero-order valence-corrected chi connectivity index (χ0v) is 10.7. The first kappa shape index (κ1) is 13.4. The molecule has 0 saturated carbocycles. The third-order valence-electron chi connectivity index (χ3n) is 2.65. The smallest absolute Gasteiger partial charge is 0.322 e. The summed E-state index contributed by atoms with van der Waals surface area (Å²) in [6.45, 7) is 3.60. The monoisotopic (exact) mass is 264 g/mol. The number of ether oxygens (including phenoxy) is 2. The zero-order chi connectivity index (χ0) is 13.7. The number of anilines is 1. The Kier molecular flexibility index (Phi) is 4.35. The van der Waals surface area contributed by atoms with Crippen molar-refractivity contribution in [3.8, 4) is 5.75 Å². The van der Waals surface area contributed by atoms with Crippen molar-refractivity contribution in [2.24, 2.45) is 0 Å². The summed E-state index contributed by atoms with van der Waals surface area (Å²) in [7, 11) is 0. The second-order valence-corrected chi connectivity index (χ2v) is 4.15. The number of carbonyl (C=O) groups excluding carboxylic acids is 2. The van der Waals surface area contributed by atoms with E-state index < -0.39 is 5.97 Å². The molecular weight excluding hydrogens is 248 g/mol. The largest absolute Gasteiger partial charge is 0.427 e. The van der Waals surface area contributed by atoms with Gasteiger partial charge in [0.1, 0.15) is 5.75 Å². The number of rotatable bonds is 2. The molecule has 0 atom stereocenters. The van der Waals surface area contributed by atoms with Gasteiger partial charge in [0.05, 0.1) is 13.2 Å². The van der Waals surface area contributed by atoms with Crippen LogP contribution in [0, 0.1) is 0 Å².